The van der Waals surface area contributed by atoms with E-state index in [2.05, 4.69) is 10.6 Å². The average molecular weight is 320 g/mol. The van der Waals surface area contributed by atoms with Crippen LogP contribution in [0.5, 0.6) is 0 Å². The minimum Gasteiger partial charge on any atom is -0.467 e. The van der Waals surface area contributed by atoms with Gasteiger partial charge in [-0.15, -0.1) is 11.3 Å². The number of carbonyl (C=O) groups excluding carboxylic acids is 2. The Morgan fingerprint density at radius 1 is 1.27 bits per heavy atom. The van der Waals surface area contributed by atoms with Crippen LogP contribution >= 0.6 is 11.3 Å². The third-order valence-corrected chi connectivity index (χ3v) is 3.96. The largest absolute Gasteiger partial charge is 0.467 e. The predicted octanol–water partition coefficient (Wildman–Crippen LogP) is 2.80. The molecule has 0 saturated carbocycles. The molecule has 5 nitrogen and oxygen atoms in total. The molecular weight excluding hydrogens is 300 g/mol. The molecule has 0 aliphatic rings. The van der Waals surface area contributed by atoms with Gasteiger partial charge in [-0.05, 0) is 35.9 Å². The highest BCUT2D eigenvalue weighted by Gasteiger charge is 2.22. The topological polar surface area (TPSA) is 71.3 Å². The maximum Gasteiger partial charge on any atom is 0.261 e. The Bertz CT molecular complexity index is 591. The zero-order chi connectivity index (χ0) is 15.9. The SMILES string of the molecule is CC(C)C[C@@H](NC(=O)c1cccs1)C(=O)NCc1ccco1. The van der Waals surface area contributed by atoms with Gasteiger partial charge in [0.15, 0.2) is 0 Å². The summed E-state index contributed by atoms with van der Waals surface area (Å²) in [5, 5.41) is 7.44. The van der Waals surface area contributed by atoms with Gasteiger partial charge in [-0.2, -0.15) is 0 Å². The minimum atomic E-state index is -0.551. The summed E-state index contributed by atoms with van der Waals surface area (Å²) in [4.78, 5) is 25.1. The number of furan rings is 1. The Kier molecular flexibility index (Phi) is 5.77. The fourth-order valence-electron chi connectivity index (χ4n) is 2.05. The highest BCUT2D eigenvalue weighted by atomic mass is 32.1. The van der Waals surface area contributed by atoms with Crippen molar-refractivity contribution >= 4 is 23.2 Å². The van der Waals surface area contributed by atoms with E-state index in [4.69, 9.17) is 4.42 Å². The first-order valence-electron chi connectivity index (χ1n) is 7.20. The van der Waals surface area contributed by atoms with E-state index in [1.165, 1.54) is 11.3 Å². The van der Waals surface area contributed by atoms with Crippen molar-refractivity contribution in [3.63, 3.8) is 0 Å². The number of hydrogen-bond acceptors (Lipinski definition) is 4. The van der Waals surface area contributed by atoms with E-state index in [-0.39, 0.29) is 11.8 Å². The molecule has 6 heteroatoms. The second-order valence-corrected chi connectivity index (χ2v) is 6.38. The first kappa shape index (κ1) is 16.3. The van der Waals surface area contributed by atoms with Crippen LogP contribution in [-0.4, -0.2) is 17.9 Å². The number of amides is 2. The van der Waals surface area contributed by atoms with Crippen molar-refractivity contribution in [2.45, 2.75) is 32.9 Å². The van der Waals surface area contributed by atoms with Crippen molar-refractivity contribution in [1.82, 2.24) is 10.6 Å². The second-order valence-electron chi connectivity index (χ2n) is 5.43. The van der Waals surface area contributed by atoms with Crippen LogP contribution in [0.2, 0.25) is 0 Å². The molecule has 0 radical (unpaired) electrons. The lowest BCUT2D eigenvalue weighted by atomic mass is 10.0. The molecule has 0 aliphatic heterocycles. The Morgan fingerprint density at radius 2 is 2.09 bits per heavy atom. The average Bonchev–Trinajstić information content (AvgIpc) is 3.16. The quantitative estimate of drug-likeness (QED) is 0.824. The summed E-state index contributed by atoms with van der Waals surface area (Å²) in [5.41, 5.74) is 0. The highest BCUT2D eigenvalue weighted by molar-refractivity contribution is 7.12. The van der Waals surface area contributed by atoms with Crippen LogP contribution in [0.4, 0.5) is 0 Å². The molecule has 2 amide bonds. The van der Waals surface area contributed by atoms with Crippen LogP contribution in [-0.2, 0) is 11.3 Å². The molecule has 0 bridgehead atoms. The summed E-state index contributed by atoms with van der Waals surface area (Å²) < 4.78 is 5.18. The molecule has 1 atom stereocenters. The molecule has 0 aromatic carbocycles. The van der Waals surface area contributed by atoms with Gasteiger partial charge in [0.25, 0.3) is 5.91 Å². The normalized spacial score (nSPS) is 12.1. The fraction of sp³-hybridized carbons (Fsp3) is 0.375. The Hall–Kier alpha value is -2.08. The Balaban J connectivity index is 1.95. The monoisotopic (exact) mass is 320 g/mol. The summed E-state index contributed by atoms with van der Waals surface area (Å²) in [6.07, 6.45) is 2.15. The van der Waals surface area contributed by atoms with Gasteiger partial charge in [0.05, 0.1) is 17.7 Å². The van der Waals surface area contributed by atoms with E-state index in [9.17, 15) is 9.59 Å². The summed E-state index contributed by atoms with van der Waals surface area (Å²) in [7, 11) is 0. The van der Waals surface area contributed by atoms with Gasteiger partial charge in [-0.25, -0.2) is 0 Å². The van der Waals surface area contributed by atoms with Crippen LogP contribution in [0.3, 0.4) is 0 Å². The van der Waals surface area contributed by atoms with Crippen molar-refractivity contribution in [3.8, 4) is 0 Å². The van der Waals surface area contributed by atoms with E-state index >= 15 is 0 Å². The molecule has 2 aromatic rings. The molecule has 2 rings (SSSR count). The molecule has 0 unspecified atom stereocenters. The second kappa shape index (κ2) is 7.79. The van der Waals surface area contributed by atoms with Crippen molar-refractivity contribution < 1.29 is 14.0 Å². The number of nitrogens with one attached hydrogen (secondary N) is 2. The van der Waals surface area contributed by atoms with Gasteiger partial charge in [-0.1, -0.05) is 19.9 Å². The third kappa shape index (κ3) is 4.73. The lowest BCUT2D eigenvalue weighted by Crippen LogP contribution is -2.47. The summed E-state index contributed by atoms with van der Waals surface area (Å²) >= 11 is 1.36. The molecule has 0 saturated heterocycles. The first-order valence-corrected chi connectivity index (χ1v) is 8.08. The lowest BCUT2D eigenvalue weighted by molar-refractivity contribution is -0.123. The predicted molar refractivity (Wildman–Crippen MR) is 85.6 cm³/mol. The number of hydrogen-bond donors (Lipinski definition) is 2. The minimum absolute atomic E-state index is 0.199. The Morgan fingerprint density at radius 3 is 2.68 bits per heavy atom. The first-order chi connectivity index (χ1) is 10.6. The summed E-state index contributed by atoms with van der Waals surface area (Å²) in [5.74, 6) is 0.563. The summed E-state index contributed by atoms with van der Waals surface area (Å²) in [6, 6.07) is 6.57. The molecule has 2 aromatic heterocycles. The highest BCUT2D eigenvalue weighted by Crippen LogP contribution is 2.11. The van der Waals surface area contributed by atoms with E-state index in [1.807, 2.05) is 25.3 Å². The van der Waals surface area contributed by atoms with E-state index in [0.29, 0.717) is 29.5 Å². The maximum absolute atomic E-state index is 12.3. The zero-order valence-corrected chi connectivity index (χ0v) is 13.5. The van der Waals surface area contributed by atoms with Gasteiger partial charge in [0.1, 0.15) is 11.8 Å². The van der Waals surface area contributed by atoms with Crippen molar-refractivity contribution in [1.29, 1.82) is 0 Å². The van der Waals surface area contributed by atoms with Gasteiger partial charge in [0.2, 0.25) is 5.91 Å². The number of carbonyl (C=O) groups is 2. The van der Waals surface area contributed by atoms with Crippen molar-refractivity contribution in [3.05, 3.63) is 46.5 Å². The molecule has 0 aliphatic carbocycles. The molecule has 118 valence electrons. The third-order valence-electron chi connectivity index (χ3n) is 3.09. The smallest absolute Gasteiger partial charge is 0.261 e. The van der Waals surface area contributed by atoms with Crippen LogP contribution < -0.4 is 10.6 Å². The van der Waals surface area contributed by atoms with Crippen LogP contribution in [0.25, 0.3) is 0 Å². The van der Waals surface area contributed by atoms with Gasteiger partial charge in [-0.3, -0.25) is 9.59 Å². The van der Waals surface area contributed by atoms with Crippen LogP contribution in [0.1, 0.15) is 35.7 Å². The van der Waals surface area contributed by atoms with Crippen molar-refractivity contribution in [2.24, 2.45) is 5.92 Å². The number of rotatable bonds is 7. The van der Waals surface area contributed by atoms with E-state index < -0.39 is 6.04 Å². The van der Waals surface area contributed by atoms with Crippen LogP contribution in [0, 0.1) is 5.92 Å². The Labute approximate surface area is 133 Å². The molecule has 22 heavy (non-hydrogen) atoms. The van der Waals surface area contributed by atoms with Crippen LogP contribution in [0.15, 0.2) is 40.3 Å². The van der Waals surface area contributed by atoms with Gasteiger partial charge in [0, 0.05) is 0 Å². The molecular formula is C16H20N2O3S. The molecule has 0 fully saturated rings. The molecule has 2 heterocycles. The standard InChI is InChI=1S/C16H20N2O3S/c1-11(2)9-13(18-16(20)14-6-4-8-22-14)15(19)17-10-12-5-3-7-21-12/h3-8,11,13H,9-10H2,1-2H3,(H,17,19)(H,18,20)/t13-/m1/s1. The molecule has 0 spiro atoms. The van der Waals surface area contributed by atoms with E-state index in [0.717, 1.165) is 0 Å². The number of thiophene rings is 1. The van der Waals surface area contributed by atoms with E-state index in [1.54, 1.807) is 24.5 Å². The van der Waals surface area contributed by atoms with Gasteiger partial charge >= 0.3 is 0 Å². The van der Waals surface area contributed by atoms with Crippen molar-refractivity contribution in [2.75, 3.05) is 0 Å². The fourth-order valence-corrected chi connectivity index (χ4v) is 2.68. The lowest BCUT2D eigenvalue weighted by Gasteiger charge is -2.19. The summed E-state index contributed by atoms with van der Waals surface area (Å²) in [6.45, 7) is 4.35. The van der Waals surface area contributed by atoms with Gasteiger partial charge < -0.3 is 15.1 Å². The maximum atomic E-state index is 12.3. The zero-order valence-electron chi connectivity index (χ0n) is 12.7. The molecule has 2 N–H and O–H groups in total.